The van der Waals surface area contributed by atoms with E-state index in [0.29, 0.717) is 12.5 Å². The third-order valence-corrected chi connectivity index (χ3v) is 3.84. The first-order chi connectivity index (χ1) is 11.7. The van der Waals surface area contributed by atoms with E-state index in [1.165, 1.54) is 0 Å². The number of hydrogen-bond donors (Lipinski definition) is 2. The lowest BCUT2D eigenvalue weighted by Crippen LogP contribution is -2.41. The van der Waals surface area contributed by atoms with Gasteiger partial charge in [0, 0.05) is 32.6 Å². The van der Waals surface area contributed by atoms with Crippen molar-refractivity contribution in [1.29, 1.82) is 0 Å². The molecule has 1 aliphatic rings. The number of carbonyl (C=O) groups excluding carboxylic acids is 3. The molecule has 0 aromatic carbocycles. The minimum atomic E-state index is -0.546. The first-order valence-corrected chi connectivity index (χ1v) is 8.86. The third kappa shape index (κ3) is 9.12. The van der Waals surface area contributed by atoms with Crippen LogP contribution in [-0.4, -0.2) is 54.6 Å². The van der Waals surface area contributed by atoms with Gasteiger partial charge in [-0.15, -0.1) is 0 Å². The number of alkyl carbamates (subject to hydrolysis) is 1. The first-order valence-electron chi connectivity index (χ1n) is 8.86. The summed E-state index contributed by atoms with van der Waals surface area (Å²) in [6.45, 7) is 9.50. The van der Waals surface area contributed by atoms with Gasteiger partial charge in [-0.3, -0.25) is 9.59 Å². The molecule has 7 heteroatoms. The summed E-state index contributed by atoms with van der Waals surface area (Å²) in [6.07, 6.45) is 4.82. The summed E-state index contributed by atoms with van der Waals surface area (Å²) in [4.78, 5) is 36.9. The average Bonchev–Trinajstić information content (AvgIpc) is 2.52. The van der Waals surface area contributed by atoms with Gasteiger partial charge in [0.2, 0.25) is 11.8 Å². The molecule has 0 aliphatic carbocycles. The summed E-state index contributed by atoms with van der Waals surface area (Å²) >= 11 is 0. The van der Waals surface area contributed by atoms with Crippen LogP contribution in [0.1, 0.15) is 47.0 Å². The minimum absolute atomic E-state index is 0.0539. The Morgan fingerprint density at radius 3 is 2.36 bits per heavy atom. The van der Waals surface area contributed by atoms with E-state index in [0.717, 1.165) is 25.9 Å². The molecule has 7 nitrogen and oxygen atoms in total. The largest absolute Gasteiger partial charge is 0.444 e. The van der Waals surface area contributed by atoms with Crippen LogP contribution in [0.15, 0.2) is 12.2 Å². The number of hydrogen-bond acceptors (Lipinski definition) is 4. The van der Waals surface area contributed by atoms with Crippen LogP contribution in [0.3, 0.4) is 0 Å². The van der Waals surface area contributed by atoms with Crippen LogP contribution in [0.4, 0.5) is 4.79 Å². The fraction of sp³-hybridized carbons (Fsp3) is 0.722. The zero-order chi connectivity index (χ0) is 18.9. The number of nitrogens with zero attached hydrogens (tertiary/aromatic N) is 1. The average molecular weight is 353 g/mol. The molecular formula is C18H31N3O4. The Hall–Kier alpha value is -2.05. The fourth-order valence-electron chi connectivity index (χ4n) is 2.54. The predicted octanol–water partition coefficient (Wildman–Crippen LogP) is 1.83. The highest BCUT2D eigenvalue weighted by atomic mass is 16.6. The second-order valence-corrected chi connectivity index (χ2v) is 7.25. The van der Waals surface area contributed by atoms with E-state index >= 15 is 0 Å². The Morgan fingerprint density at radius 2 is 1.80 bits per heavy atom. The lowest BCUT2D eigenvalue weighted by Gasteiger charge is -2.31. The van der Waals surface area contributed by atoms with Gasteiger partial charge in [0.15, 0.2) is 0 Å². The molecule has 0 aromatic heterocycles. The quantitative estimate of drug-likeness (QED) is 0.713. The maximum Gasteiger partial charge on any atom is 0.407 e. The zero-order valence-corrected chi connectivity index (χ0v) is 15.8. The Labute approximate surface area is 150 Å². The van der Waals surface area contributed by atoms with Gasteiger partial charge in [-0.2, -0.15) is 0 Å². The highest BCUT2D eigenvalue weighted by Crippen LogP contribution is 2.16. The van der Waals surface area contributed by atoms with Gasteiger partial charge in [0.25, 0.3) is 0 Å². The van der Waals surface area contributed by atoms with E-state index in [1.807, 2.05) is 11.8 Å². The van der Waals surface area contributed by atoms with E-state index < -0.39 is 11.7 Å². The Morgan fingerprint density at radius 1 is 1.16 bits per heavy atom. The molecule has 1 rings (SSSR count). The molecule has 0 aromatic rings. The lowest BCUT2D eigenvalue weighted by atomic mass is 9.96. The van der Waals surface area contributed by atoms with Crippen molar-refractivity contribution >= 4 is 17.9 Å². The second-order valence-electron chi connectivity index (χ2n) is 7.25. The molecule has 0 spiro atoms. The van der Waals surface area contributed by atoms with Gasteiger partial charge in [-0.25, -0.2) is 4.79 Å². The van der Waals surface area contributed by atoms with Crippen molar-refractivity contribution in [3.05, 3.63) is 12.2 Å². The molecule has 0 radical (unpaired) electrons. The molecule has 0 atom stereocenters. The van der Waals surface area contributed by atoms with Crippen molar-refractivity contribution in [3.8, 4) is 0 Å². The van der Waals surface area contributed by atoms with Crippen molar-refractivity contribution in [2.45, 2.75) is 52.6 Å². The number of likely N-dealkylation sites (tertiary alicyclic amines) is 1. The zero-order valence-electron chi connectivity index (χ0n) is 15.8. The summed E-state index contributed by atoms with van der Waals surface area (Å²) < 4.78 is 5.10. The monoisotopic (exact) mass is 353 g/mol. The first kappa shape index (κ1) is 21.0. The van der Waals surface area contributed by atoms with Gasteiger partial charge in [-0.05, 0) is 52.5 Å². The van der Waals surface area contributed by atoms with Crippen molar-refractivity contribution < 1.29 is 19.1 Å². The van der Waals surface area contributed by atoms with E-state index in [2.05, 4.69) is 10.6 Å². The van der Waals surface area contributed by atoms with Gasteiger partial charge in [0.1, 0.15) is 5.60 Å². The molecule has 2 N–H and O–H groups in total. The number of rotatable bonds is 6. The summed E-state index contributed by atoms with van der Waals surface area (Å²) in [5.41, 5.74) is -0.546. The molecule has 0 bridgehead atoms. The molecule has 0 unspecified atom stereocenters. The van der Waals surface area contributed by atoms with Crippen molar-refractivity contribution in [2.75, 3.05) is 26.2 Å². The van der Waals surface area contributed by atoms with Crippen LogP contribution in [0.2, 0.25) is 0 Å². The van der Waals surface area contributed by atoms with Crippen LogP contribution < -0.4 is 10.6 Å². The number of allylic oxidation sites excluding steroid dienone is 1. The fourth-order valence-corrected chi connectivity index (χ4v) is 2.54. The van der Waals surface area contributed by atoms with Crippen LogP contribution in [0, 0.1) is 5.92 Å². The molecule has 1 saturated heterocycles. The number of amides is 3. The van der Waals surface area contributed by atoms with Crippen LogP contribution in [0.5, 0.6) is 0 Å². The van der Waals surface area contributed by atoms with Gasteiger partial charge < -0.3 is 20.3 Å². The van der Waals surface area contributed by atoms with E-state index in [-0.39, 0.29) is 24.8 Å². The normalized spacial score (nSPS) is 15.9. The Bertz CT molecular complexity index is 489. The number of piperidine rings is 1. The smallest absolute Gasteiger partial charge is 0.407 e. The lowest BCUT2D eigenvalue weighted by molar-refractivity contribution is -0.127. The standard InChI is InChI=1S/C18H31N3O4/c1-5-6-16(23)21-11-8-14(9-12-21)13-20-15(22)7-10-19-17(24)25-18(2,3)4/h5-6,14H,7-13H2,1-4H3,(H,19,24)(H,20,22)/b6-5+. The second kappa shape index (κ2) is 10.1. The maximum atomic E-state index is 11.8. The summed E-state index contributed by atoms with van der Waals surface area (Å²) in [7, 11) is 0. The van der Waals surface area contributed by atoms with E-state index in [1.54, 1.807) is 32.9 Å². The molecule has 1 fully saturated rings. The molecule has 142 valence electrons. The number of ether oxygens (including phenoxy) is 1. The SMILES string of the molecule is C/C=C/C(=O)N1CCC(CNC(=O)CCNC(=O)OC(C)(C)C)CC1. The summed E-state index contributed by atoms with van der Waals surface area (Å²) in [5.74, 6) is 0.346. The van der Waals surface area contributed by atoms with E-state index in [9.17, 15) is 14.4 Å². The molecule has 0 saturated carbocycles. The third-order valence-electron chi connectivity index (χ3n) is 3.84. The predicted molar refractivity (Wildman–Crippen MR) is 96.0 cm³/mol. The molecule has 1 heterocycles. The topological polar surface area (TPSA) is 87.7 Å². The minimum Gasteiger partial charge on any atom is -0.444 e. The van der Waals surface area contributed by atoms with Crippen LogP contribution in [0.25, 0.3) is 0 Å². The highest BCUT2D eigenvalue weighted by molar-refractivity contribution is 5.87. The molecule has 1 aliphatic heterocycles. The summed E-state index contributed by atoms with van der Waals surface area (Å²) in [6, 6.07) is 0. The van der Waals surface area contributed by atoms with Crippen molar-refractivity contribution in [1.82, 2.24) is 15.5 Å². The number of nitrogens with one attached hydrogen (secondary N) is 2. The molecule has 3 amide bonds. The van der Waals surface area contributed by atoms with Gasteiger partial charge in [0.05, 0.1) is 0 Å². The highest BCUT2D eigenvalue weighted by Gasteiger charge is 2.22. The van der Waals surface area contributed by atoms with Crippen molar-refractivity contribution in [2.24, 2.45) is 5.92 Å². The van der Waals surface area contributed by atoms with E-state index in [4.69, 9.17) is 4.74 Å². The molecular weight excluding hydrogens is 322 g/mol. The Kier molecular flexibility index (Phi) is 8.45. The van der Waals surface area contributed by atoms with Crippen molar-refractivity contribution in [3.63, 3.8) is 0 Å². The molecule has 25 heavy (non-hydrogen) atoms. The maximum absolute atomic E-state index is 11.8. The number of carbonyl (C=O) groups is 3. The van der Waals surface area contributed by atoms with Gasteiger partial charge >= 0.3 is 6.09 Å². The van der Waals surface area contributed by atoms with Gasteiger partial charge in [-0.1, -0.05) is 6.08 Å². The summed E-state index contributed by atoms with van der Waals surface area (Å²) in [5, 5.41) is 5.46. The Balaban J connectivity index is 2.15. The van der Waals surface area contributed by atoms with Crippen LogP contribution >= 0.6 is 0 Å². The van der Waals surface area contributed by atoms with Crippen LogP contribution in [-0.2, 0) is 14.3 Å².